The zero-order valence-corrected chi connectivity index (χ0v) is 19.3. The molecule has 32 heavy (non-hydrogen) atoms. The highest BCUT2D eigenvalue weighted by Crippen LogP contribution is 2.33. The highest BCUT2D eigenvalue weighted by atomic mass is 32.1. The van der Waals surface area contributed by atoms with Gasteiger partial charge in [0.1, 0.15) is 21.6 Å². The van der Waals surface area contributed by atoms with E-state index >= 15 is 0 Å². The molecule has 1 aromatic carbocycles. The number of hydrogen-bond donors (Lipinski definition) is 0. The molecule has 0 bridgehead atoms. The molecular weight excluding hydrogens is 431 g/mol. The average molecular weight is 457 g/mol. The fraction of sp³-hybridized carbons (Fsp3) is 0.455. The van der Waals surface area contributed by atoms with Gasteiger partial charge in [-0.1, -0.05) is 11.3 Å². The van der Waals surface area contributed by atoms with E-state index in [0.29, 0.717) is 18.6 Å². The number of nitrogens with zero attached hydrogens (tertiary/aromatic N) is 6. The maximum Gasteiger partial charge on any atom is 0.410 e. The Kier molecular flexibility index (Phi) is 4.92. The molecule has 5 rings (SSSR count). The molecule has 1 aliphatic heterocycles. The van der Waals surface area contributed by atoms with Crippen molar-refractivity contribution in [1.82, 2.24) is 29.4 Å². The van der Waals surface area contributed by atoms with Crippen LogP contribution in [0.4, 0.5) is 9.18 Å². The maximum atomic E-state index is 14.5. The summed E-state index contributed by atoms with van der Waals surface area (Å²) < 4.78 is 23.5. The molecule has 0 spiro atoms. The number of thiazole rings is 1. The molecule has 4 aromatic rings. The summed E-state index contributed by atoms with van der Waals surface area (Å²) in [6, 6.07) is 3.60. The second kappa shape index (κ2) is 7.54. The Morgan fingerprint density at radius 3 is 2.62 bits per heavy atom. The first kappa shape index (κ1) is 20.9. The zero-order valence-electron chi connectivity index (χ0n) is 18.5. The number of halogens is 1. The van der Waals surface area contributed by atoms with Gasteiger partial charge in [0.2, 0.25) is 0 Å². The number of piperidine rings is 1. The van der Waals surface area contributed by atoms with Gasteiger partial charge in [-0.05, 0) is 45.7 Å². The van der Waals surface area contributed by atoms with Gasteiger partial charge in [0, 0.05) is 37.3 Å². The van der Waals surface area contributed by atoms with Crippen LogP contribution in [0.1, 0.15) is 39.7 Å². The van der Waals surface area contributed by atoms with Crippen molar-refractivity contribution in [2.24, 2.45) is 7.05 Å². The van der Waals surface area contributed by atoms with Gasteiger partial charge in [-0.2, -0.15) is 10.2 Å². The predicted molar refractivity (Wildman–Crippen MR) is 121 cm³/mol. The summed E-state index contributed by atoms with van der Waals surface area (Å²) in [4.78, 5) is 19.5. The summed E-state index contributed by atoms with van der Waals surface area (Å²) in [6.45, 7) is 6.89. The molecule has 0 radical (unpaired) electrons. The molecule has 8 nitrogen and oxygen atoms in total. The van der Waals surface area contributed by atoms with Gasteiger partial charge in [-0.15, -0.1) is 0 Å². The Bertz CT molecular complexity index is 1280. The molecule has 0 unspecified atom stereocenters. The molecule has 0 saturated carbocycles. The van der Waals surface area contributed by atoms with E-state index < -0.39 is 5.60 Å². The minimum atomic E-state index is -0.492. The minimum absolute atomic E-state index is 0.211. The van der Waals surface area contributed by atoms with Gasteiger partial charge >= 0.3 is 6.09 Å². The van der Waals surface area contributed by atoms with Crippen LogP contribution < -0.4 is 0 Å². The first-order valence-electron chi connectivity index (χ1n) is 10.6. The first-order valence-corrected chi connectivity index (χ1v) is 11.4. The fourth-order valence-corrected chi connectivity index (χ4v) is 4.93. The topological polar surface area (TPSA) is 78.1 Å². The minimum Gasteiger partial charge on any atom is -0.444 e. The Labute approximate surface area is 188 Å². The number of carbonyl (C=O) groups is 1. The van der Waals surface area contributed by atoms with Crippen molar-refractivity contribution in [2.75, 3.05) is 13.1 Å². The van der Waals surface area contributed by atoms with Crippen molar-refractivity contribution in [3.63, 3.8) is 0 Å². The standard InChI is InChI=1S/C22H25FN6O2S/c1-22(2,3)31-21(30)28-7-5-15(6-8-28)29-12-17-20(26-29)32-19(24-17)13-9-14-11-27(4)25-18(14)16(23)10-13/h9-12,15H,5-8H2,1-4H3. The summed E-state index contributed by atoms with van der Waals surface area (Å²) in [5, 5.41) is 10.4. The van der Waals surface area contributed by atoms with Gasteiger partial charge in [0.25, 0.3) is 0 Å². The third-order valence-electron chi connectivity index (χ3n) is 5.51. The second-order valence-corrected chi connectivity index (χ2v) is 10.2. The highest BCUT2D eigenvalue weighted by molar-refractivity contribution is 7.21. The third-order valence-corrected chi connectivity index (χ3v) is 6.51. The van der Waals surface area contributed by atoms with Crippen LogP contribution in [0.5, 0.6) is 0 Å². The summed E-state index contributed by atoms with van der Waals surface area (Å²) >= 11 is 1.45. The van der Waals surface area contributed by atoms with Crippen molar-refractivity contribution in [2.45, 2.75) is 45.3 Å². The Morgan fingerprint density at radius 2 is 1.94 bits per heavy atom. The lowest BCUT2D eigenvalue weighted by atomic mass is 10.1. The van der Waals surface area contributed by atoms with Gasteiger partial charge in [-0.3, -0.25) is 9.36 Å². The van der Waals surface area contributed by atoms with Gasteiger partial charge in [0.15, 0.2) is 10.6 Å². The number of hydrogen-bond acceptors (Lipinski definition) is 6. The Hall–Kier alpha value is -3.01. The molecule has 0 N–H and O–H groups in total. The zero-order chi connectivity index (χ0) is 22.6. The van der Waals surface area contributed by atoms with E-state index in [1.807, 2.05) is 37.7 Å². The van der Waals surface area contributed by atoms with Crippen LogP contribution in [-0.2, 0) is 11.8 Å². The number of rotatable bonds is 2. The summed E-state index contributed by atoms with van der Waals surface area (Å²) in [5.74, 6) is -0.354. The Morgan fingerprint density at radius 1 is 1.19 bits per heavy atom. The molecule has 1 fully saturated rings. The lowest BCUT2D eigenvalue weighted by Gasteiger charge is -2.33. The number of benzene rings is 1. The Balaban J connectivity index is 1.31. The lowest BCUT2D eigenvalue weighted by molar-refractivity contribution is 0.0185. The average Bonchev–Trinajstić information content (AvgIpc) is 3.39. The van der Waals surface area contributed by atoms with Crippen LogP contribution in [0.15, 0.2) is 24.5 Å². The summed E-state index contributed by atoms with van der Waals surface area (Å²) in [7, 11) is 1.78. The molecule has 10 heteroatoms. The van der Waals surface area contributed by atoms with E-state index in [9.17, 15) is 9.18 Å². The van der Waals surface area contributed by atoms with Gasteiger partial charge in [-0.25, -0.2) is 14.2 Å². The van der Waals surface area contributed by atoms with E-state index in [1.165, 1.54) is 17.4 Å². The van der Waals surface area contributed by atoms with Crippen LogP contribution in [0.3, 0.4) is 0 Å². The predicted octanol–water partition coefficient (Wildman–Crippen LogP) is 4.76. The summed E-state index contributed by atoms with van der Waals surface area (Å²) in [5.41, 5.74) is 1.39. The second-order valence-electron chi connectivity index (χ2n) is 9.22. The van der Waals surface area contributed by atoms with Crippen LogP contribution >= 0.6 is 11.3 Å². The first-order chi connectivity index (χ1) is 15.2. The lowest BCUT2D eigenvalue weighted by Crippen LogP contribution is -2.42. The maximum absolute atomic E-state index is 14.5. The third kappa shape index (κ3) is 3.94. The number of ether oxygens (including phenoxy) is 1. The smallest absolute Gasteiger partial charge is 0.410 e. The molecule has 4 heterocycles. The van der Waals surface area contributed by atoms with Crippen LogP contribution in [-0.4, -0.2) is 54.2 Å². The number of amides is 1. The molecule has 1 saturated heterocycles. The number of aryl methyl sites for hydroxylation is 1. The van der Waals surface area contributed by atoms with Crippen LogP contribution in [0.25, 0.3) is 31.8 Å². The van der Waals surface area contributed by atoms with E-state index in [0.717, 1.165) is 39.1 Å². The van der Waals surface area contributed by atoms with E-state index in [1.54, 1.807) is 22.8 Å². The van der Waals surface area contributed by atoms with E-state index in [4.69, 9.17) is 14.8 Å². The van der Waals surface area contributed by atoms with Crippen molar-refractivity contribution in [3.05, 3.63) is 30.3 Å². The molecule has 0 aliphatic carbocycles. The SMILES string of the molecule is Cn1cc2cc(-c3nc4cn(C5CCN(C(=O)OC(C)(C)C)CC5)nc4s3)cc(F)c2n1. The highest BCUT2D eigenvalue weighted by Gasteiger charge is 2.28. The van der Waals surface area contributed by atoms with Crippen molar-refractivity contribution in [3.8, 4) is 10.6 Å². The van der Waals surface area contributed by atoms with Gasteiger partial charge < -0.3 is 9.64 Å². The fourth-order valence-electron chi connectivity index (χ4n) is 4.02. The number of aromatic nitrogens is 5. The molecule has 0 atom stereocenters. The normalized spacial score (nSPS) is 15.7. The molecule has 3 aromatic heterocycles. The van der Waals surface area contributed by atoms with Crippen molar-refractivity contribution < 1.29 is 13.9 Å². The largest absolute Gasteiger partial charge is 0.444 e. The summed E-state index contributed by atoms with van der Waals surface area (Å²) in [6.07, 6.45) is 5.10. The van der Waals surface area contributed by atoms with E-state index in [2.05, 4.69) is 5.10 Å². The molecule has 168 valence electrons. The number of fused-ring (bicyclic) bond motifs is 2. The molecule has 1 aliphatic rings. The quantitative estimate of drug-likeness (QED) is 0.435. The van der Waals surface area contributed by atoms with Crippen molar-refractivity contribution >= 4 is 38.7 Å². The van der Waals surface area contributed by atoms with E-state index in [-0.39, 0.29) is 18.0 Å². The number of likely N-dealkylation sites (tertiary alicyclic amines) is 1. The molecular formula is C22H25FN6O2S. The number of carbonyl (C=O) groups excluding carboxylic acids is 1. The van der Waals surface area contributed by atoms with Crippen molar-refractivity contribution in [1.29, 1.82) is 0 Å². The monoisotopic (exact) mass is 456 g/mol. The molecule has 1 amide bonds. The van der Waals surface area contributed by atoms with Gasteiger partial charge in [0.05, 0.1) is 12.2 Å². The van der Waals surface area contributed by atoms with Crippen LogP contribution in [0, 0.1) is 5.82 Å². The van der Waals surface area contributed by atoms with Crippen LogP contribution in [0.2, 0.25) is 0 Å².